The van der Waals surface area contributed by atoms with E-state index < -0.39 is 17.7 Å². The molecule has 1 heterocycles. The van der Waals surface area contributed by atoms with E-state index in [1.807, 2.05) is 19.1 Å². The molecule has 1 amide bonds. The van der Waals surface area contributed by atoms with Gasteiger partial charge in [-0.3, -0.25) is 14.5 Å². The molecule has 3 aromatic carbocycles. The lowest BCUT2D eigenvalue weighted by Gasteiger charge is -2.25. The molecular weight excluding hydrogens is 442 g/mol. The summed E-state index contributed by atoms with van der Waals surface area (Å²) >= 11 is 6.17. The summed E-state index contributed by atoms with van der Waals surface area (Å²) in [6.45, 7) is 4.10. The van der Waals surface area contributed by atoms with Crippen LogP contribution in [-0.4, -0.2) is 28.5 Å². The van der Waals surface area contributed by atoms with Gasteiger partial charge in [-0.25, -0.2) is 0 Å². The van der Waals surface area contributed by atoms with Gasteiger partial charge < -0.3 is 14.9 Å². The molecule has 4 rings (SSSR count). The molecule has 0 aliphatic carbocycles. The van der Waals surface area contributed by atoms with Crippen LogP contribution in [0.2, 0.25) is 5.02 Å². The molecule has 1 atom stereocenters. The van der Waals surface area contributed by atoms with Gasteiger partial charge in [-0.1, -0.05) is 41.4 Å². The van der Waals surface area contributed by atoms with E-state index in [4.69, 9.17) is 16.3 Å². The summed E-state index contributed by atoms with van der Waals surface area (Å²) in [5.74, 6) is -1.49. The quantitative estimate of drug-likeness (QED) is 0.301. The predicted octanol–water partition coefficient (Wildman–Crippen LogP) is 5.38. The molecule has 2 N–H and O–H groups in total. The van der Waals surface area contributed by atoms with Crippen LogP contribution in [0.3, 0.4) is 0 Å². The minimum absolute atomic E-state index is 0.0464. The van der Waals surface area contributed by atoms with E-state index >= 15 is 0 Å². The molecule has 1 aliphatic rings. The van der Waals surface area contributed by atoms with Crippen LogP contribution in [0.1, 0.15) is 29.7 Å². The fourth-order valence-corrected chi connectivity index (χ4v) is 4.02. The maximum absolute atomic E-state index is 13.2. The van der Waals surface area contributed by atoms with Gasteiger partial charge in [-0.15, -0.1) is 0 Å². The van der Waals surface area contributed by atoms with Gasteiger partial charge in [0, 0.05) is 11.3 Å². The number of Topliss-reactive ketones (excluding diaryl/α,β-unsaturated/α-hetero) is 1. The van der Waals surface area contributed by atoms with Crippen molar-refractivity contribution < 1.29 is 24.5 Å². The van der Waals surface area contributed by atoms with Crippen LogP contribution in [0.15, 0.2) is 72.3 Å². The van der Waals surface area contributed by atoms with Gasteiger partial charge in [0.1, 0.15) is 17.3 Å². The lowest BCUT2D eigenvalue weighted by molar-refractivity contribution is -0.132. The maximum Gasteiger partial charge on any atom is 0.300 e. The van der Waals surface area contributed by atoms with Crippen molar-refractivity contribution in [3.63, 3.8) is 0 Å². The van der Waals surface area contributed by atoms with Crippen molar-refractivity contribution in [1.82, 2.24) is 0 Å². The molecule has 1 aliphatic heterocycles. The molecule has 1 saturated heterocycles. The fraction of sp³-hybridized carbons (Fsp3) is 0.154. The second-order valence-corrected chi connectivity index (χ2v) is 8.08. The van der Waals surface area contributed by atoms with Gasteiger partial charge in [-0.2, -0.15) is 0 Å². The third kappa shape index (κ3) is 4.17. The number of aryl methyl sites for hydroxylation is 1. The van der Waals surface area contributed by atoms with E-state index in [2.05, 4.69) is 0 Å². The van der Waals surface area contributed by atoms with Crippen molar-refractivity contribution in [2.75, 3.05) is 11.5 Å². The maximum atomic E-state index is 13.2. The number of aromatic hydroxyl groups is 1. The van der Waals surface area contributed by atoms with Crippen LogP contribution in [0.5, 0.6) is 11.5 Å². The number of rotatable bonds is 5. The highest BCUT2D eigenvalue weighted by molar-refractivity contribution is 6.51. The van der Waals surface area contributed by atoms with Crippen LogP contribution in [-0.2, 0) is 9.59 Å². The van der Waals surface area contributed by atoms with E-state index in [0.717, 1.165) is 5.56 Å². The molecule has 0 radical (unpaired) electrons. The third-order valence-corrected chi connectivity index (χ3v) is 5.78. The summed E-state index contributed by atoms with van der Waals surface area (Å²) in [6, 6.07) is 17.1. The summed E-state index contributed by atoms with van der Waals surface area (Å²) in [4.78, 5) is 27.7. The molecule has 0 spiro atoms. The number of halogens is 1. The lowest BCUT2D eigenvalue weighted by atomic mass is 9.95. The van der Waals surface area contributed by atoms with Crippen LogP contribution in [0.4, 0.5) is 5.69 Å². The number of nitrogens with zero attached hydrogens (tertiary/aromatic N) is 1. The van der Waals surface area contributed by atoms with E-state index in [-0.39, 0.29) is 17.1 Å². The van der Waals surface area contributed by atoms with E-state index in [0.29, 0.717) is 34.2 Å². The minimum atomic E-state index is -0.889. The minimum Gasteiger partial charge on any atom is -0.508 e. The highest BCUT2D eigenvalue weighted by atomic mass is 35.5. The van der Waals surface area contributed by atoms with Crippen LogP contribution < -0.4 is 9.64 Å². The first-order chi connectivity index (χ1) is 15.8. The summed E-state index contributed by atoms with van der Waals surface area (Å²) in [6.07, 6.45) is 0. The highest BCUT2D eigenvalue weighted by Gasteiger charge is 2.47. The number of amides is 1. The summed E-state index contributed by atoms with van der Waals surface area (Å²) < 4.78 is 5.51. The van der Waals surface area contributed by atoms with Crippen molar-refractivity contribution in [3.05, 3.63) is 94.0 Å². The number of aliphatic hydroxyl groups is 1. The first kappa shape index (κ1) is 22.4. The molecule has 7 heteroatoms. The van der Waals surface area contributed by atoms with E-state index in [1.165, 1.54) is 23.1 Å². The average molecular weight is 464 g/mol. The first-order valence-electron chi connectivity index (χ1n) is 10.4. The van der Waals surface area contributed by atoms with Gasteiger partial charge >= 0.3 is 0 Å². The zero-order chi connectivity index (χ0) is 23.7. The van der Waals surface area contributed by atoms with Crippen molar-refractivity contribution in [2.45, 2.75) is 19.9 Å². The number of hydrogen-bond acceptors (Lipinski definition) is 5. The van der Waals surface area contributed by atoms with Gasteiger partial charge in [-0.05, 0) is 61.9 Å². The molecule has 3 aromatic rings. The number of phenols is 1. The molecule has 168 valence electrons. The molecule has 0 bridgehead atoms. The van der Waals surface area contributed by atoms with Crippen molar-refractivity contribution in [3.8, 4) is 11.5 Å². The fourth-order valence-electron chi connectivity index (χ4n) is 3.85. The monoisotopic (exact) mass is 463 g/mol. The number of ketones is 1. The Morgan fingerprint density at radius 1 is 1.03 bits per heavy atom. The Hall–Kier alpha value is -3.77. The number of benzene rings is 3. The second kappa shape index (κ2) is 9.00. The molecule has 1 fully saturated rings. The topological polar surface area (TPSA) is 87.1 Å². The lowest BCUT2D eigenvalue weighted by Crippen LogP contribution is -2.29. The standard InChI is InChI=1S/C26H22ClNO5/c1-3-33-21-14-17(8-13-20(21)27)24(30)22-23(16-6-11-19(29)12-7-16)28(26(32)25(22)31)18-9-4-15(2)5-10-18/h4-14,23,29-30H,3H2,1-2H3/b24-22-. The number of aliphatic hydroxyl groups excluding tert-OH is 1. The van der Waals surface area contributed by atoms with Crippen molar-refractivity contribution in [2.24, 2.45) is 0 Å². The Morgan fingerprint density at radius 2 is 1.70 bits per heavy atom. The first-order valence-corrected chi connectivity index (χ1v) is 10.8. The zero-order valence-electron chi connectivity index (χ0n) is 18.1. The number of phenolic OH excluding ortho intramolecular Hbond substituents is 1. The average Bonchev–Trinajstić information content (AvgIpc) is 3.06. The highest BCUT2D eigenvalue weighted by Crippen LogP contribution is 2.43. The Balaban J connectivity index is 1.92. The van der Waals surface area contributed by atoms with Gasteiger partial charge in [0.25, 0.3) is 11.7 Å². The molecule has 1 unspecified atom stereocenters. The van der Waals surface area contributed by atoms with Crippen molar-refractivity contribution >= 4 is 34.7 Å². The molecule has 0 saturated carbocycles. The number of ether oxygens (including phenoxy) is 1. The van der Waals surface area contributed by atoms with Crippen LogP contribution >= 0.6 is 11.6 Å². The normalized spacial score (nSPS) is 17.4. The van der Waals surface area contributed by atoms with Crippen LogP contribution in [0, 0.1) is 6.92 Å². The molecule has 33 heavy (non-hydrogen) atoms. The smallest absolute Gasteiger partial charge is 0.300 e. The van der Waals surface area contributed by atoms with Gasteiger partial charge in [0.2, 0.25) is 0 Å². The van der Waals surface area contributed by atoms with E-state index in [9.17, 15) is 19.8 Å². The van der Waals surface area contributed by atoms with Gasteiger partial charge in [0.15, 0.2) is 0 Å². The molecule has 6 nitrogen and oxygen atoms in total. The number of carbonyl (C=O) groups is 2. The number of carbonyl (C=O) groups excluding carboxylic acids is 2. The van der Waals surface area contributed by atoms with Crippen molar-refractivity contribution in [1.29, 1.82) is 0 Å². The van der Waals surface area contributed by atoms with Crippen LogP contribution in [0.25, 0.3) is 5.76 Å². The SMILES string of the molecule is CCOc1cc(/C(O)=C2/C(=O)C(=O)N(c3ccc(C)cc3)C2c2ccc(O)cc2)ccc1Cl. The summed E-state index contributed by atoms with van der Waals surface area (Å²) in [7, 11) is 0. The Bertz CT molecular complexity index is 1250. The zero-order valence-corrected chi connectivity index (χ0v) is 18.8. The Labute approximate surface area is 196 Å². The van der Waals surface area contributed by atoms with E-state index in [1.54, 1.807) is 43.3 Å². The molecule has 0 aromatic heterocycles. The number of hydrogen-bond donors (Lipinski definition) is 2. The predicted molar refractivity (Wildman–Crippen MR) is 127 cm³/mol. The third-order valence-electron chi connectivity index (χ3n) is 5.47. The van der Waals surface area contributed by atoms with Gasteiger partial charge in [0.05, 0.1) is 23.2 Å². The second-order valence-electron chi connectivity index (χ2n) is 7.67. The largest absolute Gasteiger partial charge is 0.508 e. The Morgan fingerprint density at radius 3 is 2.33 bits per heavy atom. The summed E-state index contributed by atoms with van der Waals surface area (Å²) in [5, 5.41) is 21.3. The summed E-state index contributed by atoms with van der Waals surface area (Å²) in [5.41, 5.74) is 2.32. The Kier molecular flexibility index (Phi) is 6.11. The number of anilines is 1. The molecular formula is C26H22ClNO5.